The maximum atomic E-state index is 11.5. The van der Waals surface area contributed by atoms with E-state index in [2.05, 4.69) is 10.6 Å². The van der Waals surface area contributed by atoms with Crippen molar-refractivity contribution in [1.82, 2.24) is 10.6 Å². The van der Waals surface area contributed by atoms with E-state index in [1.807, 2.05) is 6.07 Å². The maximum absolute atomic E-state index is 11.5. The zero-order valence-electron chi connectivity index (χ0n) is 11.1. The third kappa shape index (κ3) is 5.38. The fourth-order valence-electron chi connectivity index (χ4n) is 1.59. The number of carbonyl (C=O) groups excluding carboxylic acids is 2. The lowest BCUT2D eigenvalue weighted by Gasteiger charge is -2.22. The first kappa shape index (κ1) is 15.5. The normalized spacial score (nSPS) is 9.65. The highest BCUT2D eigenvalue weighted by Gasteiger charge is 2.13. The molecule has 0 aliphatic rings. The minimum absolute atomic E-state index is 0.0234. The number of hydrogen-bond acceptors (Lipinski definition) is 4. The van der Waals surface area contributed by atoms with Crippen molar-refractivity contribution in [3.05, 3.63) is 30.3 Å². The summed E-state index contributed by atoms with van der Waals surface area (Å²) in [5.41, 5.74) is 0.711. The van der Waals surface area contributed by atoms with Crippen molar-refractivity contribution in [2.45, 2.75) is 6.42 Å². The molecule has 0 fully saturated rings. The van der Waals surface area contributed by atoms with E-state index in [-0.39, 0.29) is 19.5 Å². The number of hydrogen-bond donors (Lipinski definition) is 3. The second-order valence-corrected chi connectivity index (χ2v) is 4.03. The van der Waals surface area contributed by atoms with Gasteiger partial charge < -0.3 is 15.3 Å². The van der Waals surface area contributed by atoms with Gasteiger partial charge in [0.2, 0.25) is 5.91 Å². The predicted octanol–water partition coefficient (Wildman–Crippen LogP) is 0.423. The van der Waals surface area contributed by atoms with Crippen molar-refractivity contribution in [1.29, 1.82) is 0 Å². The molecule has 3 N–H and O–H groups in total. The zero-order chi connectivity index (χ0) is 15.0. The largest absolute Gasteiger partial charge is 0.480 e. The molecule has 7 heteroatoms. The highest BCUT2D eigenvalue weighted by Crippen LogP contribution is 2.13. The van der Waals surface area contributed by atoms with Gasteiger partial charge in [-0.3, -0.25) is 14.9 Å². The first-order valence-corrected chi connectivity index (χ1v) is 6.06. The number of benzene rings is 1. The lowest BCUT2D eigenvalue weighted by atomic mass is 10.2. The highest BCUT2D eigenvalue weighted by atomic mass is 16.4. The van der Waals surface area contributed by atoms with Gasteiger partial charge in [-0.15, -0.1) is 0 Å². The average molecular weight is 279 g/mol. The molecule has 0 saturated carbocycles. The van der Waals surface area contributed by atoms with Crippen LogP contribution in [0.4, 0.5) is 10.5 Å². The number of nitrogens with zero attached hydrogens (tertiary/aromatic N) is 1. The number of carboxylic acid groups (broad SMARTS) is 1. The standard InChI is InChI=1S/C13H17N3O4/c1-14-13(20)15-11(17)7-8-16(9-12(18)19)10-5-3-2-4-6-10/h2-6H,7-9H2,1H3,(H,18,19)(H2,14,15,17,20). The van der Waals surface area contributed by atoms with Crippen molar-refractivity contribution in [2.75, 3.05) is 25.0 Å². The van der Waals surface area contributed by atoms with Crippen LogP contribution in [-0.2, 0) is 9.59 Å². The van der Waals surface area contributed by atoms with Crippen LogP contribution in [0.2, 0.25) is 0 Å². The van der Waals surface area contributed by atoms with Gasteiger partial charge in [-0.1, -0.05) is 18.2 Å². The molecule has 1 rings (SSSR count). The number of rotatable bonds is 6. The second kappa shape index (κ2) is 7.78. The molecule has 0 atom stereocenters. The van der Waals surface area contributed by atoms with E-state index in [4.69, 9.17) is 5.11 Å². The van der Waals surface area contributed by atoms with Crippen LogP contribution in [0, 0.1) is 0 Å². The van der Waals surface area contributed by atoms with Crippen LogP contribution in [0.1, 0.15) is 6.42 Å². The summed E-state index contributed by atoms with van der Waals surface area (Å²) >= 11 is 0. The van der Waals surface area contributed by atoms with Crippen molar-refractivity contribution in [2.24, 2.45) is 0 Å². The minimum atomic E-state index is -0.986. The summed E-state index contributed by atoms with van der Waals surface area (Å²) < 4.78 is 0. The van der Waals surface area contributed by atoms with E-state index in [1.165, 1.54) is 7.05 Å². The molecule has 0 aliphatic heterocycles. The highest BCUT2D eigenvalue weighted by molar-refractivity contribution is 5.94. The van der Waals surface area contributed by atoms with Gasteiger partial charge in [-0.25, -0.2) is 4.79 Å². The van der Waals surface area contributed by atoms with Crippen LogP contribution in [0.5, 0.6) is 0 Å². The molecule has 0 aromatic heterocycles. The molecule has 0 aliphatic carbocycles. The van der Waals surface area contributed by atoms with Crippen molar-refractivity contribution >= 4 is 23.6 Å². The van der Waals surface area contributed by atoms with Crippen LogP contribution in [0.3, 0.4) is 0 Å². The lowest BCUT2D eigenvalue weighted by Crippen LogP contribution is -2.40. The van der Waals surface area contributed by atoms with Gasteiger partial charge in [0.1, 0.15) is 6.54 Å². The topological polar surface area (TPSA) is 98.7 Å². The fraction of sp³-hybridized carbons (Fsp3) is 0.308. The summed E-state index contributed by atoms with van der Waals surface area (Å²) in [7, 11) is 1.41. The number of para-hydroxylation sites is 1. The maximum Gasteiger partial charge on any atom is 0.323 e. The Morgan fingerprint density at radius 1 is 1.20 bits per heavy atom. The number of aliphatic carboxylic acids is 1. The summed E-state index contributed by atoms with van der Waals surface area (Å²) in [6, 6.07) is 8.34. The Morgan fingerprint density at radius 3 is 2.40 bits per heavy atom. The molecule has 108 valence electrons. The Morgan fingerprint density at radius 2 is 1.85 bits per heavy atom. The number of urea groups is 1. The summed E-state index contributed by atoms with van der Waals surface area (Å²) in [6.45, 7) is -0.00356. The fourth-order valence-corrected chi connectivity index (χ4v) is 1.59. The summed E-state index contributed by atoms with van der Waals surface area (Å²) in [5.74, 6) is -1.45. The molecule has 0 saturated heterocycles. The number of nitrogens with one attached hydrogen (secondary N) is 2. The first-order valence-electron chi connectivity index (χ1n) is 6.06. The van der Waals surface area contributed by atoms with Gasteiger partial charge >= 0.3 is 12.0 Å². The molecule has 1 aromatic rings. The summed E-state index contributed by atoms with van der Waals surface area (Å²) in [5, 5.41) is 13.3. The number of carboxylic acids is 1. The van der Waals surface area contributed by atoms with Crippen molar-refractivity contribution in [3.8, 4) is 0 Å². The van der Waals surface area contributed by atoms with Crippen LogP contribution in [0.25, 0.3) is 0 Å². The van der Waals surface area contributed by atoms with Gasteiger partial charge in [0.25, 0.3) is 0 Å². The smallest absolute Gasteiger partial charge is 0.323 e. The molecule has 1 aromatic carbocycles. The summed E-state index contributed by atoms with van der Waals surface area (Å²) in [4.78, 5) is 34.9. The van der Waals surface area contributed by atoms with Crippen molar-refractivity contribution in [3.63, 3.8) is 0 Å². The van der Waals surface area contributed by atoms with Gasteiger partial charge in [0.15, 0.2) is 0 Å². The lowest BCUT2D eigenvalue weighted by molar-refractivity contribution is -0.135. The molecule has 3 amide bonds. The van der Waals surface area contributed by atoms with Gasteiger partial charge in [0.05, 0.1) is 0 Å². The number of carbonyl (C=O) groups is 3. The van der Waals surface area contributed by atoms with Gasteiger partial charge in [-0.2, -0.15) is 0 Å². The number of anilines is 1. The van der Waals surface area contributed by atoms with E-state index in [0.29, 0.717) is 5.69 Å². The predicted molar refractivity (Wildman–Crippen MR) is 73.5 cm³/mol. The van der Waals surface area contributed by atoms with Crippen molar-refractivity contribution < 1.29 is 19.5 Å². The quantitative estimate of drug-likeness (QED) is 0.701. The van der Waals surface area contributed by atoms with E-state index in [9.17, 15) is 14.4 Å². The molecule has 0 unspecified atom stereocenters. The molecular formula is C13H17N3O4. The Labute approximate surface area is 116 Å². The Hall–Kier alpha value is -2.57. The monoisotopic (exact) mass is 279 g/mol. The average Bonchev–Trinajstić information content (AvgIpc) is 2.43. The number of amides is 3. The Balaban J connectivity index is 2.60. The third-order valence-corrected chi connectivity index (χ3v) is 2.54. The molecule has 0 heterocycles. The summed E-state index contributed by atoms with van der Waals surface area (Å²) in [6.07, 6.45) is 0.0234. The van der Waals surface area contributed by atoms with Gasteiger partial charge in [0, 0.05) is 25.7 Å². The SMILES string of the molecule is CNC(=O)NC(=O)CCN(CC(=O)O)c1ccccc1. The van der Waals surface area contributed by atoms with Crippen LogP contribution < -0.4 is 15.5 Å². The molecular weight excluding hydrogens is 262 g/mol. The van der Waals surface area contributed by atoms with E-state index in [0.717, 1.165) is 0 Å². The second-order valence-electron chi connectivity index (χ2n) is 4.03. The van der Waals surface area contributed by atoms with Crippen LogP contribution in [-0.4, -0.2) is 43.2 Å². The van der Waals surface area contributed by atoms with E-state index >= 15 is 0 Å². The van der Waals surface area contributed by atoms with Crippen LogP contribution >= 0.6 is 0 Å². The molecule has 0 bridgehead atoms. The molecule has 7 nitrogen and oxygen atoms in total. The third-order valence-electron chi connectivity index (χ3n) is 2.54. The Kier molecular flexibility index (Phi) is 6.02. The number of imide groups is 1. The molecule has 20 heavy (non-hydrogen) atoms. The zero-order valence-corrected chi connectivity index (χ0v) is 11.1. The van der Waals surface area contributed by atoms with Gasteiger partial charge in [-0.05, 0) is 12.1 Å². The van der Waals surface area contributed by atoms with E-state index < -0.39 is 17.9 Å². The minimum Gasteiger partial charge on any atom is -0.480 e. The van der Waals surface area contributed by atoms with E-state index in [1.54, 1.807) is 29.2 Å². The molecule has 0 spiro atoms. The molecule has 0 radical (unpaired) electrons. The first-order chi connectivity index (χ1) is 9.52. The van der Waals surface area contributed by atoms with Crippen LogP contribution in [0.15, 0.2) is 30.3 Å². The Bertz CT molecular complexity index is 476.